The van der Waals surface area contributed by atoms with Gasteiger partial charge in [-0.05, 0) is 194 Å². The number of anilines is 12. The van der Waals surface area contributed by atoms with Gasteiger partial charge < -0.3 is 19.6 Å². The normalized spacial score (nSPS) is 11.1. The van der Waals surface area contributed by atoms with Crippen molar-refractivity contribution in [2.24, 2.45) is 0 Å². The van der Waals surface area contributed by atoms with Crippen molar-refractivity contribution < 1.29 is 0 Å². The SMILES string of the molecule is c1ccc(-c2ccc(-c3ccc(N(c4ccccc4)c4ccc(-c5ccc(N(c6ccc(-c7ccccc7)cc6)c6ccc(-c7cccc(-c8cccc(N(c9ccccc9)c9c%10ccccc%10c(N(c%10ccccc%10)c%10ccccc%10)c%10ccccc9%10)c8)c7)cc6)cc5)cc4)cc3)cc2)cc1. The number of hydrogen-bond acceptors (Lipinski definition) is 4. The van der Waals surface area contributed by atoms with E-state index in [1.807, 2.05) is 0 Å². The third kappa shape index (κ3) is 12.5. The molecule has 4 heteroatoms. The summed E-state index contributed by atoms with van der Waals surface area (Å²) in [4.78, 5) is 9.55. The van der Waals surface area contributed by atoms with Crippen molar-refractivity contribution in [2.75, 3.05) is 19.6 Å². The molecular formula is C98H70N4. The van der Waals surface area contributed by atoms with E-state index in [2.05, 4.69) is 444 Å². The maximum absolute atomic E-state index is 2.45. The molecule has 0 spiro atoms. The largest absolute Gasteiger partial charge is 0.311 e. The zero-order valence-electron chi connectivity index (χ0n) is 56.2. The second-order valence-electron chi connectivity index (χ2n) is 25.6. The lowest BCUT2D eigenvalue weighted by Crippen LogP contribution is -2.14. The molecule has 17 aromatic carbocycles. The molecule has 0 unspecified atom stereocenters. The number of nitrogens with zero attached hydrogens (tertiary/aromatic N) is 4. The molecule has 0 amide bonds. The summed E-state index contributed by atoms with van der Waals surface area (Å²) in [7, 11) is 0. The summed E-state index contributed by atoms with van der Waals surface area (Å²) in [6.07, 6.45) is 0. The monoisotopic (exact) mass is 1300 g/mol. The van der Waals surface area contributed by atoms with Gasteiger partial charge in [-0.1, -0.05) is 297 Å². The van der Waals surface area contributed by atoms with Gasteiger partial charge in [-0.2, -0.15) is 0 Å². The van der Waals surface area contributed by atoms with Crippen LogP contribution in [-0.4, -0.2) is 0 Å². The van der Waals surface area contributed by atoms with E-state index in [0.29, 0.717) is 0 Å². The van der Waals surface area contributed by atoms with E-state index in [-0.39, 0.29) is 0 Å². The van der Waals surface area contributed by atoms with E-state index >= 15 is 0 Å². The molecule has 0 bridgehead atoms. The topological polar surface area (TPSA) is 13.0 Å². The molecular weight excluding hydrogens is 1230 g/mol. The molecule has 4 nitrogen and oxygen atoms in total. The van der Waals surface area contributed by atoms with Crippen LogP contribution in [0, 0.1) is 0 Å². The quantitative estimate of drug-likeness (QED) is 0.0627. The first-order valence-corrected chi connectivity index (χ1v) is 34.9. The van der Waals surface area contributed by atoms with Crippen LogP contribution in [-0.2, 0) is 0 Å². The van der Waals surface area contributed by atoms with E-state index in [1.165, 1.54) is 33.4 Å². The van der Waals surface area contributed by atoms with Gasteiger partial charge in [0.15, 0.2) is 0 Å². The van der Waals surface area contributed by atoms with Crippen molar-refractivity contribution in [1.29, 1.82) is 0 Å². The van der Waals surface area contributed by atoms with Crippen molar-refractivity contribution in [3.63, 3.8) is 0 Å². The number of para-hydroxylation sites is 4. The van der Waals surface area contributed by atoms with Crippen LogP contribution < -0.4 is 19.6 Å². The van der Waals surface area contributed by atoms with Gasteiger partial charge in [-0.25, -0.2) is 0 Å². The Morgan fingerprint density at radius 1 is 0.108 bits per heavy atom. The fourth-order valence-electron chi connectivity index (χ4n) is 14.4. The average Bonchev–Trinajstić information content (AvgIpc) is 0.729. The Morgan fingerprint density at radius 3 is 0.588 bits per heavy atom. The third-order valence-corrected chi connectivity index (χ3v) is 19.4. The smallest absolute Gasteiger partial charge is 0.0619 e. The lowest BCUT2D eigenvalue weighted by molar-refractivity contribution is 1.28. The summed E-state index contributed by atoms with van der Waals surface area (Å²) in [5, 5.41) is 4.61. The number of rotatable bonds is 18. The zero-order chi connectivity index (χ0) is 68.0. The first-order chi connectivity index (χ1) is 50.6. The summed E-state index contributed by atoms with van der Waals surface area (Å²) in [5.41, 5.74) is 27.0. The highest BCUT2D eigenvalue weighted by Crippen LogP contribution is 2.52. The lowest BCUT2D eigenvalue weighted by Gasteiger charge is -2.33. The zero-order valence-corrected chi connectivity index (χ0v) is 56.2. The molecule has 17 aromatic rings. The summed E-state index contributed by atoms with van der Waals surface area (Å²) < 4.78 is 0. The summed E-state index contributed by atoms with van der Waals surface area (Å²) in [6.45, 7) is 0. The highest BCUT2D eigenvalue weighted by atomic mass is 15.2. The highest BCUT2D eigenvalue weighted by molar-refractivity contribution is 6.23. The Labute approximate surface area is 597 Å². The second-order valence-corrected chi connectivity index (χ2v) is 25.6. The van der Waals surface area contributed by atoms with Crippen LogP contribution in [0.3, 0.4) is 0 Å². The lowest BCUT2D eigenvalue weighted by atomic mass is 9.95. The van der Waals surface area contributed by atoms with E-state index in [9.17, 15) is 0 Å². The number of benzene rings is 17. The van der Waals surface area contributed by atoms with Gasteiger partial charge in [-0.3, -0.25) is 0 Å². The molecule has 0 saturated heterocycles. The molecule has 17 rings (SSSR count). The van der Waals surface area contributed by atoms with Gasteiger partial charge in [0.2, 0.25) is 0 Å². The summed E-state index contributed by atoms with van der Waals surface area (Å²) in [6, 6.07) is 154. The molecule has 0 aliphatic carbocycles. The van der Waals surface area contributed by atoms with Crippen molar-refractivity contribution in [1.82, 2.24) is 0 Å². The van der Waals surface area contributed by atoms with Crippen LogP contribution in [0.1, 0.15) is 0 Å². The number of fused-ring (bicyclic) bond motifs is 2. The van der Waals surface area contributed by atoms with Crippen molar-refractivity contribution in [3.8, 4) is 66.8 Å². The van der Waals surface area contributed by atoms with E-state index in [0.717, 1.165) is 123 Å². The van der Waals surface area contributed by atoms with Crippen molar-refractivity contribution in [3.05, 3.63) is 425 Å². The Kier molecular flexibility index (Phi) is 17.1. The van der Waals surface area contributed by atoms with Crippen LogP contribution >= 0.6 is 0 Å². The van der Waals surface area contributed by atoms with E-state index in [1.54, 1.807) is 0 Å². The Balaban J connectivity index is 0.675. The van der Waals surface area contributed by atoms with Gasteiger partial charge in [0.05, 0.1) is 11.4 Å². The highest BCUT2D eigenvalue weighted by Gasteiger charge is 2.26. The van der Waals surface area contributed by atoms with Gasteiger partial charge in [0.1, 0.15) is 0 Å². The molecule has 0 fully saturated rings. The molecule has 0 aromatic heterocycles. The average molecular weight is 1300 g/mol. The Morgan fingerprint density at radius 2 is 0.284 bits per heavy atom. The van der Waals surface area contributed by atoms with Gasteiger partial charge >= 0.3 is 0 Å². The first kappa shape index (κ1) is 62.0. The van der Waals surface area contributed by atoms with Crippen LogP contribution in [0.4, 0.5) is 68.2 Å². The number of hydrogen-bond donors (Lipinski definition) is 0. The summed E-state index contributed by atoms with van der Waals surface area (Å²) >= 11 is 0. The molecule has 102 heavy (non-hydrogen) atoms. The van der Waals surface area contributed by atoms with Gasteiger partial charge in [-0.15, -0.1) is 0 Å². The minimum Gasteiger partial charge on any atom is -0.311 e. The van der Waals surface area contributed by atoms with E-state index in [4.69, 9.17) is 0 Å². The fourth-order valence-corrected chi connectivity index (χ4v) is 14.4. The van der Waals surface area contributed by atoms with Crippen molar-refractivity contribution >= 4 is 89.8 Å². The fraction of sp³-hybridized carbons (Fsp3) is 0. The molecule has 0 aliphatic heterocycles. The molecule has 0 heterocycles. The summed E-state index contributed by atoms with van der Waals surface area (Å²) in [5.74, 6) is 0. The van der Waals surface area contributed by atoms with Crippen LogP contribution in [0.15, 0.2) is 425 Å². The maximum atomic E-state index is 2.45. The van der Waals surface area contributed by atoms with E-state index < -0.39 is 0 Å². The standard InChI is InChI=1S/C98H70N4/c1-7-25-71(26-8-1)73-45-47-74(48-46-73)76-51-61-87(62-52-76)99(83-32-11-3-12-33-83)88-63-53-77(54-64-88)78-55-65-90(66-56-78)100(89-59-49-75(50-60-89)72-27-9-2-10-28-72)91-67-57-79(58-68-91)80-29-23-30-81(69-80)82-31-24-40-92(70-82)102(86-38-17-6-18-39-86)98-95-43-21-19-41-93(95)97(94-42-20-22-44-96(94)98)101(84-34-13-4-14-35-84)85-36-15-5-16-37-85/h1-70H. The van der Waals surface area contributed by atoms with Gasteiger partial charge in [0, 0.05) is 78.4 Å². The molecule has 0 radical (unpaired) electrons. The van der Waals surface area contributed by atoms with Crippen molar-refractivity contribution in [2.45, 2.75) is 0 Å². The predicted molar refractivity (Wildman–Crippen MR) is 433 cm³/mol. The Bertz CT molecular complexity index is 5580. The predicted octanol–water partition coefficient (Wildman–Crippen LogP) is 27.9. The van der Waals surface area contributed by atoms with Crippen LogP contribution in [0.5, 0.6) is 0 Å². The molecule has 0 N–H and O–H groups in total. The maximum Gasteiger partial charge on any atom is 0.0619 e. The third-order valence-electron chi connectivity index (χ3n) is 19.4. The molecule has 482 valence electrons. The molecule has 0 aliphatic rings. The molecule has 0 atom stereocenters. The minimum absolute atomic E-state index is 1.06. The minimum atomic E-state index is 1.06. The van der Waals surface area contributed by atoms with Crippen LogP contribution in [0.25, 0.3) is 88.3 Å². The first-order valence-electron chi connectivity index (χ1n) is 34.9. The second kappa shape index (κ2) is 28.1. The Hall–Kier alpha value is -13.5. The molecule has 0 saturated carbocycles. The van der Waals surface area contributed by atoms with Gasteiger partial charge in [0.25, 0.3) is 0 Å². The van der Waals surface area contributed by atoms with Crippen LogP contribution in [0.2, 0.25) is 0 Å².